The van der Waals surface area contributed by atoms with Crippen LogP contribution in [0.15, 0.2) is 0 Å². The Kier molecular flexibility index (Phi) is 3.54. The van der Waals surface area contributed by atoms with Gasteiger partial charge in [-0.05, 0) is 31.6 Å². The van der Waals surface area contributed by atoms with E-state index in [0.29, 0.717) is 38.4 Å². The Morgan fingerprint density at radius 2 is 1.95 bits per heavy atom. The summed E-state index contributed by atoms with van der Waals surface area (Å²) in [6, 6.07) is 0. The fraction of sp³-hybridized carbons (Fsp3) is 0.923. The predicted molar refractivity (Wildman–Crippen MR) is 73.6 cm³/mol. The standard InChI is InChI=1S/C13H22N2O4S/c1-20(17,18)15-6-4-13(5-7-15)10-14(8-11-2-3-11)12(16)9-19-13/h11H,2-10H2,1H3. The zero-order valence-corrected chi connectivity index (χ0v) is 12.7. The molecule has 2 aliphatic heterocycles. The lowest BCUT2D eigenvalue weighted by Gasteiger charge is -2.46. The van der Waals surface area contributed by atoms with Crippen LogP contribution in [-0.2, 0) is 19.6 Å². The van der Waals surface area contributed by atoms with E-state index in [1.807, 2.05) is 4.90 Å². The minimum Gasteiger partial charge on any atom is -0.363 e. The monoisotopic (exact) mass is 302 g/mol. The van der Waals surface area contributed by atoms with Crippen LogP contribution < -0.4 is 0 Å². The number of hydrogen-bond donors (Lipinski definition) is 0. The van der Waals surface area contributed by atoms with Crippen molar-refractivity contribution in [1.29, 1.82) is 0 Å². The van der Waals surface area contributed by atoms with Gasteiger partial charge in [0.2, 0.25) is 15.9 Å². The van der Waals surface area contributed by atoms with Crippen LogP contribution in [0.3, 0.4) is 0 Å². The van der Waals surface area contributed by atoms with E-state index in [1.165, 1.54) is 23.4 Å². The van der Waals surface area contributed by atoms with E-state index in [2.05, 4.69) is 0 Å². The van der Waals surface area contributed by atoms with Crippen molar-refractivity contribution in [2.24, 2.45) is 5.92 Å². The van der Waals surface area contributed by atoms with Gasteiger partial charge >= 0.3 is 0 Å². The normalized spacial score (nSPS) is 28.1. The third-order valence-corrected chi connectivity index (χ3v) is 5.91. The van der Waals surface area contributed by atoms with Crippen molar-refractivity contribution in [2.45, 2.75) is 31.3 Å². The Hall–Kier alpha value is -0.660. The zero-order chi connectivity index (χ0) is 14.4. The molecule has 3 aliphatic rings. The molecule has 3 rings (SSSR count). The molecule has 1 amide bonds. The molecule has 20 heavy (non-hydrogen) atoms. The van der Waals surface area contributed by atoms with E-state index in [9.17, 15) is 13.2 Å². The van der Waals surface area contributed by atoms with E-state index in [-0.39, 0.29) is 18.1 Å². The summed E-state index contributed by atoms with van der Waals surface area (Å²) in [6.07, 6.45) is 5.04. The van der Waals surface area contributed by atoms with Gasteiger partial charge in [-0.15, -0.1) is 0 Å². The van der Waals surface area contributed by atoms with Crippen molar-refractivity contribution in [3.63, 3.8) is 0 Å². The minimum atomic E-state index is -3.12. The summed E-state index contributed by atoms with van der Waals surface area (Å²) in [4.78, 5) is 13.8. The molecule has 0 aromatic carbocycles. The van der Waals surface area contributed by atoms with Crippen LogP contribution in [0, 0.1) is 5.92 Å². The summed E-state index contributed by atoms with van der Waals surface area (Å²) < 4.78 is 30.4. The molecule has 1 spiro atoms. The summed E-state index contributed by atoms with van der Waals surface area (Å²) in [5.41, 5.74) is -0.329. The van der Waals surface area contributed by atoms with Gasteiger partial charge in [-0.1, -0.05) is 0 Å². The van der Waals surface area contributed by atoms with Crippen LogP contribution in [0.5, 0.6) is 0 Å². The lowest BCUT2D eigenvalue weighted by molar-refractivity contribution is -0.170. The molecular formula is C13H22N2O4S. The molecule has 0 atom stereocenters. The van der Waals surface area contributed by atoms with Gasteiger partial charge in [-0.2, -0.15) is 0 Å². The number of hydrogen-bond acceptors (Lipinski definition) is 4. The molecule has 7 heteroatoms. The van der Waals surface area contributed by atoms with Crippen LogP contribution in [0.4, 0.5) is 0 Å². The molecule has 3 fully saturated rings. The molecule has 0 radical (unpaired) electrons. The van der Waals surface area contributed by atoms with Crippen molar-refractivity contribution in [3.8, 4) is 0 Å². The average Bonchev–Trinajstić information content (AvgIpc) is 3.18. The van der Waals surface area contributed by atoms with Gasteiger partial charge in [-0.3, -0.25) is 4.79 Å². The highest BCUT2D eigenvalue weighted by atomic mass is 32.2. The molecular weight excluding hydrogens is 280 g/mol. The Morgan fingerprint density at radius 3 is 2.50 bits per heavy atom. The maximum absolute atomic E-state index is 11.9. The summed E-state index contributed by atoms with van der Waals surface area (Å²) in [6.45, 7) is 2.60. The summed E-state index contributed by atoms with van der Waals surface area (Å²) in [5, 5.41) is 0. The van der Waals surface area contributed by atoms with Gasteiger partial charge in [0.25, 0.3) is 0 Å². The van der Waals surface area contributed by atoms with E-state index in [0.717, 1.165) is 6.54 Å². The summed E-state index contributed by atoms with van der Waals surface area (Å²) in [7, 11) is -3.12. The number of carbonyl (C=O) groups excluding carboxylic acids is 1. The first kappa shape index (κ1) is 14.3. The molecule has 2 heterocycles. The number of sulfonamides is 1. The third kappa shape index (κ3) is 2.99. The molecule has 1 saturated carbocycles. The van der Waals surface area contributed by atoms with Crippen molar-refractivity contribution in [2.75, 3.05) is 39.0 Å². The molecule has 0 N–H and O–H groups in total. The van der Waals surface area contributed by atoms with Gasteiger partial charge in [0.1, 0.15) is 6.61 Å². The van der Waals surface area contributed by atoms with E-state index in [1.54, 1.807) is 0 Å². The number of carbonyl (C=O) groups is 1. The molecule has 0 aromatic rings. The van der Waals surface area contributed by atoms with Gasteiger partial charge in [-0.25, -0.2) is 12.7 Å². The maximum atomic E-state index is 11.9. The summed E-state index contributed by atoms with van der Waals surface area (Å²) in [5.74, 6) is 0.748. The van der Waals surface area contributed by atoms with Crippen molar-refractivity contribution in [1.82, 2.24) is 9.21 Å². The van der Waals surface area contributed by atoms with Crippen LogP contribution in [0.25, 0.3) is 0 Å². The zero-order valence-electron chi connectivity index (χ0n) is 11.9. The van der Waals surface area contributed by atoms with E-state index in [4.69, 9.17) is 4.74 Å². The molecule has 1 aliphatic carbocycles. The van der Waals surface area contributed by atoms with Crippen molar-refractivity contribution in [3.05, 3.63) is 0 Å². The predicted octanol–water partition coefficient (Wildman–Crippen LogP) is 0.0494. The molecule has 114 valence electrons. The van der Waals surface area contributed by atoms with Crippen molar-refractivity contribution < 1.29 is 17.9 Å². The SMILES string of the molecule is CS(=O)(=O)N1CCC2(CC1)CN(CC1CC1)C(=O)CO2. The quantitative estimate of drug-likeness (QED) is 0.739. The number of piperidine rings is 1. The highest BCUT2D eigenvalue weighted by Gasteiger charge is 2.44. The third-order valence-electron chi connectivity index (χ3n) is 4.61. The lowest BCUT2D eigenvalue weighted by Crippen LogP contribution is -2.59. The van der Waals surface area contributed by atoms with Crippen molar-refractivity contribution >= 4 is 15.9 Å². The number of ether oxygens (including phenoxy) is 1. The molecule has 6 nitrogen and oxygen atoms in total. The van der Waals surface area contributed by atoms with Crippen LogP contribution in [0.2, 0.25) is 0 Å². The van der Waals surface area contributed by atoms with Crippen LogP contribution in [-0.4, -0.2) is 68.2 Å². The Morgan fingerprint density at radius 1 is 1.30 bits per heavy atom. The molecule has 0 aromatic heterocycles. The van der Waals surface area contributed by atoms with Gasteiger partial charge in [0.05, 0.1) is 11.9 Å². The number of amides is 1. The smallest absolute Gasteiger partial charge is 0.248 e. The highest BCUT2D eigenvalue weighted by Crippen LogP contribution is 2.35. The first-order valence-electron chi connectivity index (χ1n) is 7.25. The number of rotatable bonds is 3. The molecule has 2 saturated heterocycles. The molecule has 0 unspecified atom stereocenters. The average molecular weight is 302 g/mol. The van der Waals surface area contributed by atoms with Crippen LogP contribution in [0.1, 0.15) is 25.7 Å². The number of nitrogens with zero attached hydrogens (tertiary/aromatic N) is 2. The van der Waals surface area contributed by atoms with E-state index >= 15 is 0 Å². The Bertz CT molecular complexity index is 493. The largest absolute Gasteiger partial charge is 0.363 e. The van der Waals surface area contributed by atoms with Gasteiger partial charge in [0, 0.05) is 26.2 Å². The fourth-order valence-corrected chi connectivity index (χ4v) is 3.94. The first-order valence-corrected chi connectivity index (χ1v) is 9.10. The molecule has 0 bridgehead atoms. The van der Waals surface area contributed by atoms with E-state index < -0.39 is 10.0 Å². The minimum absolute atomic E-state index is 0.0769. The van der Waals surface area contributed by atoms with Crippen LogP contribution >= 0.6 is 0 Å². The maximum Gasteiger partial charge on any atom is 0.248 e. The second kappa shape index (κ2) is 4.96. The topological polar surface area (TPSA) is 66.9 Å². The second-order valence-corrected chi connectivity index (χ2v) is 8.33. The first-order chi connectivity index (χ1) is 9.38. The fourth-order valence-electron chi connectivity index (χ4n) is 3.09. The second-order valence-electron chi connectivity index (χ2n) is 6.35. The Balaban J connectivity index is 1.63. The highest BCUT2D eigenvalue weighted by molar-refractivity contribution is 7.88. The van der Waals surface area contributed by atoms with Gasteiger partial charge < -0.3 is 9.64 Å². The number of morpholine rings is 1. The lowest BCUT2D eigenvalue weighted by atomic mass is 9.90. The Labute approximate surface area is 120 Å². The van der Waals surface area contributed by atoms with Gasteiger partial charge in [0.15, 0.2) is 0 Å². The summed E-state index contributed by atoms with van der Waals surface area (Å²) >= 11 is 0.